The fourth-order valence-corrected chi connectivity index (χ4v) is 4.33. The number of carbonyl (C=O) groups excluding carboxylic acids is 1. The topological polar surface area (TPSA) is 46.3 Å². The van der Waals surface area contributed by atoms with Gasteiger partial charge in [0.15, 0.2) is 0 Å². The Morgan fingerprint density at radius 3 is 2.71 bits per heavy atom. The van der Waals surface area contributed by atoms with E-state index in [0.717, 1.165) is 22.4 Å². The van der Waals surface area contributed by atoms with Crippen molar-refractivity contribution >= 4 is 33.2 Å². The first kappa shape index (κ1) is 14.8. The van der Waals surface area contributed by atoms with Crippen molar-refractivity contribution < 1.29 is 4.79 Å². The monoisotopic (exact) mass is 364 g/mol. The van der Waals surface area contributed by atoms with Crippen molar-refractivity contribution in [1.29, 1.82) is 0 Å². The minimum atomic E-state index is 0.114. The first-order chi connectivity index (χ1) is 10.2. The molecule has 2 atom stereocenters. The van der Waals surface area contributed by atoms with Crippen molar-refractivity contribution in [2.45, 2.75) is 5.92 Å². The van der Waals surface area contributed by atoms with Crippen molar-refractivity contribution in [1.82, 2.24) is 4.90 Å². The average Bonchev–Trinajstić information content (AvgIpc) is 3.13. The molecule has 0 saturated carbocycles. The summed E-state index contributed by atoms with van der Waals surface area (Å²) in [4.78, 5) is 15.3. The van der Waals surface area contributed by atoms with Crippen molar-refractivity contribution in [3.8, 4) is 0 Å². The summed E-state index contributed by atoms with van der Waals surface area (Å²) in [6, 6.07) is 12.3. The average molecular weight is 365 g/mol. The highest BCUT2D eigenvalue weighted by Crippen LogP contribution is 2.33. The second-order valence-electron chi connectivity index (χ2n) is 5.35. The minimum absolute atomic E-state index is 0.114. The summed E-state index contributed by atoms with van der Waals surface area (Å²) in [6.07, 6.45) is 0. The zero-order chi connectivity index (χ0) is 14.8. The summed E-state index contributed by atoms with van der Waals surface area (Å²) in [5.41, 5.74) is 7.20. The third-order valence-corrected chi connectivity index (χ3v) is 5.72. The van der Waals surface area contributed by atoms with E-state index in [4.69, 9.17) is 5.73 Å². The van der Waals surface area contributed by atoms with E-state index in [2.05, 4.69) is 28.1 Å². The lowest BCUT2D eigenvalue weighted by atomic mass is 9.89. The number of thiophene rings is 1. The SMILES string of the molecule is NC[C@@H]1CN(C(=O)c2cc(Br)cs2)C[C@H]1c1ccccc1. The van der Waals surface area contributed by atoms with E-state index in [-0.39, 0.29) is 5.91 Å². The second-order valence-corrected chi connectivity index (χ2v) is 7.18. The van der Waals surface area contributed by atoms with Gasteiger partial charge >= 0.3 is 0 Å². The van der Waals surface area contributed by atoms with Gasteiger partial charge in [0.05, 0.1) is 4.88 Å². The molecule has 0 aliphatic carbocycles. The number of benzene rings is 1. The normalized spacial score (nSPS) is 21.7. The van der Waals surface area contributed by atoms with Gasteiger partial charge in [0.25, 0.3) is 5.91 Å². The zero-order valence-electron chi connectivity index (χ0n) is 11.5. The van der Waals surface area contributed by atoms with Crippen LogP contribution in [0.5, 0.6) is 0 Å². The van der Waals surface area contributed by atoms with Crippen LogP contribution >= 0.6 is 27.3 Å². The number of hydrogen-bond donors (Lipinski definition) is 1. The van der Waals surface area contributed by atoms with Crippen LogP contribution in [0.15, 0.2) is 46.3 Å². The third kappa shape index (κ3) is 3.05. The number of halogens is 1. The summed E-state index contributed by atoms with van der Waals surface area (Å²) in [6.45, 7) is 2.10. The second kappa shape index (κ2) is 6.30. The number of nitrogens with two attached hydrogens (primary N) is 1. The molecule has 3 rings (SSSR count). The molecule has 21 heavy (non-hydrogen) atoms. The van der Waals surface area contributed by atoms with Gasteiger partial charge in [0, 0.05) is 28.9 Å². The fraction of sp³-hybridized carbons (Fsp3) is 0.312. The van der Waals surface area contributed by atoms with E-state index in [1.165, 1.54) is 16.9 Å². The molecule has 1 saturated heterocycles. The van der Waals surface area contributed by atoms with Crippen LogP contribution in [0.3, 0.4) is 0 Å². The lowest BCUT2D eigenvalue weighted by molar-refractivity contribution is 0.0791. The number of carbonyl (C=O) groups is 1. The van der Waals surface area contributed by atoms with Crippen LogP contribution in [0.1, 0.15) is 21.2 Å². The summed E-state index contributed by atoms with van der Waals surface area (Å²) in [5.74, 6) is 0.783. The number of amides is 1. The summed E-state index contributed by atoms with van der Waals surface area (Å²) >= 11 is 4.88. The van der Waals surface area contributed by atoms with E-state index in [9.17, 15) is 4.79 Å². The van der Waals surface area contributed by atoms with Gasteiger partial charge in [-0.15, -0.1) is 11.3 Å². The zero-order valence-corrected chi connectivity index (χ0v) is 13.9. The molecule has 3 nitrogen and oxygen atoms in total. The van der Waals surface area contributed by atoms with Crippen LogP contribution in [0, 0.1) is 5.92 Å². The quantitative estimate of drug-likeness (QED) is 0.907. The van der Waals surface area contributed by atoms with Crippen LogP contribution in [0.2, 0.25) is 0 Å². The lowest BCUT2D eigenvalue weighted by Gasteiger charge is -2.16. The number of rotatable bonds is 3. The molecule has 110 valence electrons. The molecular formula is C16H17BrN2OS. The maximum atomic E-state index is 12.6. The first-order valence-corrected chi connectivity index (χ1v) is 8.64. The number of likely N-dealkylation sites (tertiary alicyclic amines) is 1. The van der Waals surface area contributed by atoms with Gasteiger partial charge < -0.3 is 10.6 Å². The molecule has 5 heteroatoms. The van der Waals surface area contributed by atoms with Crippen LogP contribution < -0.4 is 5.73 Å². The first-order valence-electron chi connectivity index (χ1n) is 6.97. The number of hydrogen-bond acceptors (Lipinski definition) is 3. The van der Waals surface area contributed by atoms with Gasteiger partial charge in [-0.2, -0.15) is 0 Å². The Kier molecular flexibility index (Phi) is 4.42. The highest BCUT2D eigenvalue weighted by Gasteiger charge is 2.35. The Labute approximate surface area is 136 Å². The van der Waals surface area contributed by atoms with E-state index in [0.29, 0.717) is 18.4 Å². The molecule has 1 aromatic heterocycles. The molecule has 1 aliphatic rings. The molecule has 2 heterocycles. The molecule has 2 aromatic rings. The van der Waals surface area contributed by atoms with Gasteiger partial charge in [0.2, 0.25) is 0 Å². The molecule has 0 bridgehead atoms. The Morgan fingerprint density at radius 1 is 1.33 bits per heavy atom. The Bertz CT molecular complexity index is 628. The Morgan fingerprint density at radius 2 is 2.10 bits per heavy atom. The maximum absolute atomic E-state index is 12.6. The van der Waals surface area contributed by atoms with Crippen molar-refractivity contribution in [3.63, 3.8) is 0 Å². The minimum Gasteiger partial charge on any atom is -0.337 e. The molecule has 2 N–H and O–H groups in total. The highest BCUT2D eigenvalue weighted by molar-refractivity contribution is 9.10. The molecule has 1 aliphatic heterocycles. The van der Waals surface area contributed by atoms with Gasteiger partial charge in [-0.05, 0) is 40.0 Å². The molecular weight excluding hydrogens is 348 g/mol. The Balaban J connectivity index is 1.79. The molecule has 1 amide bonds. The van der Waals surface area contributed by atoms with Crippen LogP contribution in [0.25, 0.3) is 0 Å². The predicted octanol–water partition coefficient (Wildman–Crippen LogP) is 3.33. The largest absolute Gasteiger partial charge is 0.337 e. The van der Waals surface area contributed by atoms with Crippen LogP contribution in [-0.2, 0) is 0 Å². The van der Waals surface area contributed by atoms with Gasteiger partial charge in [0.1, 0.15) is 0 Å². The highest BCUT2D eigenvalue weighted by atomic mass is 79.9. The van der Waals surface area contributed by atoms with E-state index < -0.39 is 0 Å². The van der Waals surface area contributed by atoms with Crippen LogP contribution in [-0.4, -0.2) is 30.4 Å². The number of nitrogens with zero attached hydrogens (tertiary/aromatic N) is 1. The van der Waals surface area contributed by atoms with Gasteiger partial charge in [-0.25, -0.2) is 0 Å². The molecule has 0 unspecified atom stereocenters. The Hall–Kier alpha value is -1.17. The van der Waals surface area contributed by atoms with E-state index in [1.807, 2.05) is 34.5 Å². The molecule has 0 radical (unpaired) electrons. The smallest absolute Gasteiger partial charge is 0.263 e. The summed E-state index contributed by atoms with van der Waals surface area (Å²) in [7, 11) is 0. The third-order valence-electron chi connectivity index (χ3n) is 4.04. The van der Waals surface area contributed by atoms with Gasteiger partial charge in [-0.3, -0.25) is 4.79 Å². The summed E-state index contributed by atoms with van der Waals surface area (Å²) < 4.78 is 0.963. The van der Waals surface area contributed by atoms with Crippen molar-refractivity contribution in [3.05, 3.63) is 56.7 Å². The lowest BCUT2D eigenvalue weighted by Crippen LogP contribution is -2.29. The van der Waals surface area contributed by atoms with Crippen molar-refractivity contribution in [2.75, 3.05) is 19.6 Å². The fourth-order valence-electron chi connectivity index (χ4n) is 2.93. The molecule has 0 spiro atoms. The summed E-state index contributed by atoms with van der Waals surface area (Å²) in [5, 5.41) is 1.94. The molecule has 1 fully saturated rings. The standard InChI is InChI=1S/C16H17BrN2OS/c17-13-6-15(21-10-13)16(20)19-8-12(7-18)14(9-19)11-4-2-1-3-5-11/h1-6,10,12,14H,7-9,18H2/t12-,14+/m1/s1. The van der Waals surface area contributed by atoms with Gasteiger partial charge in [-0.1, -0.05) is 30.3 Å². The van der Waals surface area contributed by atoms with Crippen LogP contribution in [0.4, 0.5) is 0 Å². The van der Waals surface area contributed by atoms with E-state index in [1.54, 1.807) is 0 Å². The van der Waals surface area contributed by atoms with E-state index >= 15 is 0 Å². The van der Waals surface area contributed by atoms with Crippen molar-refractivity contribution in [2.24, 2.45) is 11.7 Å². The molecule has 1 aromatic carbocycles. The predicted molar refractivity (Wildman–Crippen MR) is 89.6 cm³/mol. The maximum Gasteiger partial charge on any atom is 0.263 e.